The molecule has 10 heteroatoms. The topological polar surface area (TPSA) is 116 Å². The van der Waals surface area contributed by atoms with E-state index in [1.807, 2.05) is 30.3 Å². The molecule has 3 amide bonds. The van der Waals surface area contributed by atoms with Crippen molar-refractivity contribution in [3.63, 3.8) is 0 Å². The third-order valence-electron chi connectivity index (χ3n) is 7.24. The average molecular weight is 511 g/mol. The van der Waals surface area contributed by atoms with Crippen LogP contribution in [-0.2, 0) is 26.0 Å². The van der Waals surface area contributed by atoms with E-state index in [1.54, 1.807) is 19.2 Å². The zero-order valence-corrected chi connectivity index (χ0v) is 21.4. The van der Waals surface area contributed by atoms with Crippen LogP contribution in [0.15, 0.2) is 42.5 Å². The second-order valence-electron chi connectivity index (χ2n) is 10.6. The Kier molecular flexibility index (Phi) is 5.82. The highest BCUT2D eigenvalue weighted by molar-refractivity contribution is 7.91. The molecule has 0 bridgehead atoms. The zero-order chi connectivity index (χ0) is 25.8. The fourth-order valence-electron chi connectivity index (χ4n) is 5.00. The molecule has 0 aromatic heterocycles. The van der Waals surface area contributed by atoms with Gasteiger partial charge in [-0.25, -0.2) is 13.1 Å². The van der Waals surface area contributed by atoms with Crippen LogP contribution in [0.3, 0.4) is 0 Å². The van der Waals surface area contributed by atoms with E-state index in [9.17, 15) is 22.8 Å². The lowest BCUT2D eigenvalue weighted by atomic mass is 9.72. The minimum atomic E-state index is -3.61. The van der Waals surface area contributed by atoms with Gasteiger partial charge in [0.1, 0.15) is 0 Å². The van der Waals surface area contributed by atoms with Crippen LogP contribution in [0.1, 0.15) is 54.2 Å². The molecule has 2 aliphatic heterocycles. The number of sulfonamides is 1. The van der Waals surface area contributed by atoms with Crippen LogP contribution in [0.2, 0.25) is 0 Å². The molecule has 1 unspecified atom stereocenters. The van der Waals surface area contributed by atoms with Crippen LogP contribution in [-0.4, -0.2) is 56.4 Å². The van der Waals surface area contributed by atoms with E-state index in [-0.39, 0.29) is 11.5 Å². The summed E-state index contributed by atoms with van der Waals surface area (Å²) in [6, 6.07) is 12.8. The van der Waals surface area contributed by atoms with Crippen LogP contribution >= 0.6 is 0 Å². The van der Waals surface area contributed by atoms with Crippen LogP contribution in [0, 0.1) is 5.41 Å². The lowest BCUT2D eigenvalue weighted by Crippen LogP contribution is -2.53. The molecule has 2 heterocycles. The first kappa shape index (κ1) is 24.3. The molecule has 36 heavy (non-hydrogen) atoms. The van der Waals surface area contributed by atoms with Crippen LogP contribution in [0.25, 0.3) is 0 Å². The SMILES string of the molecule is CN1CCN(c2cccc(C3Nc4ccc(C(=O)NS(=O)(=O)C5CC5)cc4CC3(C)C)c2)C(=O)C1=O. The molecule has 3 aliphatic rings. The van der Waals surface area contributed by atoms with Gasteiger partial charge < -0.3 is 15.1 Å². The van der Waals surface area contributed by atoms with Crippen molar-refractivity contribution in [1.82, 2.24) is 9.62 Å². The number of nitrogens with zero attached hydrogens (tertiary/aromatic N) is 2. The number of fused-ring (bicyclic) bond motifs is 1. The standard InChI is InChI=1S/C26H30N4O5S/c1-26(2)15-18-13-17(23(31)28-36(34,35)20-8-9-20)7-10-21(18)27-22(26)16-5-4-6-19(14-16)30-12-11-29(3)24(32)25(30)33/h4-7,10,13-14,20,22,27H,8-9,11-12,15H2,1-3H3,(H,28,31). The number of rotatable bonds is 5. The van der Waals surface area contributed by atoms with Gasteiger partial charge in [-0.1, -0.05) is 26.0 Å². The second-order valence-corrected chi connectivity index (χ2v) is 12.5. The summed E-state index contributed by atoms with van der Waals surface area (Å²) in [6.07, 6.45) is 1.84. The first-order chi connectivity index (χ1) is 17.0. The van der Waals surface area contributed by atoms with Crippen LogP contribution < -0.4 is 14.9 Å². The molecule has 2 N–H and O–H groups in total. The number of carbonyl (C=O) groups is 3. The Morgan fingerprint density at radius 1 is 1.06 bits per heavy atom. The Labute approximate surface area is 210 Å². The van der Waals surface area contributed by atoms with Crippen molar-refractivity contribution in [1.29, 1.82) is 0 Å². The summed E-state index contributed by atoms with van der Waals surface area (Å²) in [5.74, 6) is -1.65. The van der Waals surface area contributed by atoms with E-state index in [1.165, 1.54) is 9.80 Å². The smallest absolute Gasteiger partial charge is 0.316 e. The highest BCUT2D eigenvalue weighted by Crippen LogP contribution is 2.45. The molecule has 190 valence electrons. The largest absolute Gasteiger partial charge is 0.377 e. The molecule has 1 saturated heterocycles. The van der Waals surface area contributed by atoms with E-state index in [2.05, 4.69) is 23.9 Å². The molecule has 0 radical (unpaired) electrons. The second kappa shape index (κ2) is 8.62. The van der Waals surface area contributed by atoms with Gasteiger partial charge in [-0.05, 0) is 66.1 Å². The predicted molar refractivity (Wildman–Crippen MR) is 136 cm³/mol. The maximum atomic E-state index is 12.6. The summed E-state index contributed by atoms with van der Waals surface area (Å²) in [5.41, 5.74) is 3.53. The third kappa shape index (κ3) is 4.45. The molecule has 1 saturated carbocycles. The molecule has 1 atom stereocenters. The monoisotopic (exact) mass is 510 g/mol. The van der Waals surface area contributed by atoms with Crippen LogP contribution in [0.5, 0.6) is 0 Å². The summed E-state index contributed by atoms with van der Waals surface area (Å²) in [7, 11) is -1.99. The van der Waals surface area contributed by atoms with Gasteiger partial charge >= 0.3 is 11.8 Å². The highest BCUT2D eigenvalue weighted by Gasteiger charge is 2.39. The third-order valence-corrected chi connectivity index (χ3v) is 9.06. The van der Waals surface area contributed by atoms with Crippen molar-refractivity contribution in [2.75, 3.05) is 30.4 Å². The number of piperazine rings is 1. The van der Waals surface area contributed by atoms with Crippen LogP contribution in [0.4, 0.5) is 11.4 Å². The molecule has 9 nitrogen and oxygen atoms in total. The quantitative estimate of drug-likeness (QED) is 0.597. The molecule has 0 spiro atoms. The van der Waals surface area contributed by atoms with Gasteiger partial charge in [0.2, 0.25) is 10.0 Å². The highest BCUT2D eigenvalue weighted by atomic mass is 32.2. The summed E-state index contributed by atoms with van der Waals surface area (Å²) >= 11 is 0. The summed E-state index contributed by atoms with van der Waals surface area (Å²) in [5, 5.41) is 3.11. The van der Waals surface area contributed by atoms with E-state index in [4.69, 9.17) is 0 Å². The van der Waals surface area contributed by atoms with E-state index >= 15 is 0 Å². The van der Waals surface area contributed by atoms with Gasteiger partial charge in [-0.15, -0.1) is 0 Å². The van der Waals surface area contributed by atoms with Crippen molar-refractivity contribution in [3.8, 4) is 0 Å². The molecule has 2 aromatic rings. The predicted octanol–water partition coefficient (Wildman–Crippen LogP) is 2.45. The minimum Gasteiger partial charge on any atom is -0.377 e. The molecule has 5 rings (SSSR count). The van der Waals surface area contributed by atoms with Crippen molar-refractivity contribution in [2.45, 2.75) is 44.4 Å². The number of carbonyl (C=O) groups excluding carboxylic acids is 3. The number of likely N-dealkylation sites (N-methyl/N-ethyl adjacent to an activating group) is 1. The van der Waals surface area contributed by atoms with Gasteiger partial charge in [0.15, 0.2) is 0 Å². The Morgan fingerprint density at radius 3 is 2.53 bits per heavy atom. The van der Waals surface area contributed by atoms with Crippen molar-refractivity contribution < 1.29 is 22.8 Å². The van der Waals surface area contributed by atoms with Crippen molar-refractivity contribution in [3.05, 3.63) is 59.2 Å². The Hall–Kier alpha value is -3.40. The van der Waals surface area contributed by atoms with Gasteiger partial charge in [-0.2, -0.15) is 0 Å². The lowest BCUT2D eigenvalue weighted by molar-refractivity contribution is -0.145. The Balaban J connectivity index is 1.38. The lowest BCUT2D eigenvalue weighted by Gasteiger charge is -2.42. The summed E-state index contributed by atoms with van der Waals surface area (Å²) < 4.78 is 26.5. The number of hydrogen-bond donors (Lipinski definition) is 2. The first-order valence-corrected chi connectivity index (χ1v) is 13.6. The summed E-state index contributed by atoms with van der Waals surface area (Å²) in [6.45, 7) is 5.16. The Morgan fingerprint density at radius 2 is 1.81 bits per heavy atom. The maximum absolute atomic E-state index is 12.6. The van der Waals surface area contributed by atoms with Crippen molar-refractivity contribution in [2.24, 2.45) is 5.41 Å². The molecular weight excluding hydrogens is 480 g/mol. The maximum Gasteiger partial charge on any atom is 0.316 e. The zero-order valence-electron chi connectivity index (χ0n) is 20.6. The van der Waals surface area contributed by atoms with E-state index < -0.39 is 33.0 Å². The van der Waals surface area contributed by atoms with Gasteiger partial charge in [0, 0.05) is 37.1 Å². The fourth-order valence-corrected chi connectivity index (χ4v) is 6.30. The number of amides is 3. The number of hydrogen-bond acceptors (Lipinski definition) is 6. The van der Waals surface area contributed by atoms with Gasteiger partial charge in [0.05, 0.1) is 11.3 Å². The fraction of sp³-hybridized carbons (Fsp3) is 0.423. The summed E-state index contributed by atoms with van der Waals surface area (Å²) in [4.78, 5) is 40.3. The van der Waals surface area contributed by atoms with E-state index in [0.717, 1.165) is 16.8 Å². The molecular formula is C26H30N4O5S. The average Bonchev–Trinajstić information content (AvgIpc) is 3.67. The first-order valence-electron chi connectivity index (χ1n) is 12.1. The normalized spacial score (nSPS) is 21.6. The number of nitrogens with one attached hydrogen (secondary N) is 2. The molecule has 2 aromatic carbocycles. The van der Waals surface area contributed by atoms with Crippen molar-refractivity contribution >= 4 is 39.1 Å². The number of benzene rings is 2. The van der Waals surface area contributed by atoms with Gasteiger partial charge in [-0.3, -0.25) is 14.4 Å². The molecule has 1 aliphatic carbocycles. The van der Waals surface area contributed by atoms with Gasteiger partial charge in [0.25, 0.3) is 5.91 Å². The number of anilines is 2. The van der Waals surface area contributed by atoms with E-state index in [0.29, 0.717) is 43.6 Å². The molecule has 2 fully saturated rings. The Bertz CT molecular complexity index is 1370. The minimum absolute atomic E-state index is 0.0851.